The Morgan fingerprint density at radius 1 is 1.08 bits per heavy atom. The molecule has 25 heavy (non-hydrogen) atoms. The van der Waals surface area contributed by atoms with Crippen molar-refractivity contribution in [3.63, 3.8) is 0 Å². The molecule has 0 radical (unpaired) electrons. The number of methoxy groups -OCH3 is 1. The van der Waals surface area contributed by atoms with Crippen LogP contribution in [0.2, 0.25) is 0 Å². The summed E-state index contributed by atoms with van der Waals surface area (Å²) in [5, 5.41) is 16.9. The van der Waals surface area contributed by atoms with Crippen molar-refractivity contribution in [2.24, 2.45) is 5.10 Å². The molecule has 0 atom stereocenters. The molecule has 1 N–H and O–H groups in total. The van der Waals surface area contributed by atoms with E-state index in [1.807, 2.05) is 32.0 Å². The lowest BCUT2D eigenvalue weighted by atomic mass is 10.1. The minimum atomic E-state index is 0.190. The van der Waals surface area contributed by atoms with E-state index in [2.05, 4.69) is 34.2 Å². The number of hydrogen-bond donors (Lipinski definition) is 1. The van der Waals surface area contributed by atoms with Gasteiger partial charge < -0.3 is 14.7 Å². The molecule has 1 saturated heterocycles. The number of rotatable bonds is 4. The average Bonchev–Trinajstić information content (AvgIpc) is 2.65. The van der Waals surface area contributed by atoms with Crippen molar-refractivity contribution < 1.29 is 9.84 Å². The average molecular weight is 339 g/mol. The Bertz CT molecular complexity index is 751. The van der Waals surface area contributed by atoms with Crippen molar-refractivity contribution >= 4 is 11.4 Å². The second-order valence-corrected chi connectivity index (χ2v) is 6.31. The van der Waals surface area contributed by atoms with Crippen molar-refractivity contribution in [1.82, 2.24) is 5.01 Å². The number of phenols is 1. The zero-order valence-electron chi connectivity index (χ0n) is 15.1. The lowest BCUT2D eigenvalue weighted by molar-refractivity contribution is 0.270. The quantitative estimate of drug-likeness (QED) is 0.869. The summed E-state index contributed by atoms with van der Waals surface area (Å²) in [5.74, 6) is 0.675. The molecule has 132 valence electrons. The van der Waals surface area contributed by atoms with Crippen LogP contribution in [0, 0.1) is 6.92 Å². The van der Waals surface area contributed by atoms with Crippen molar-refractivity contribution in [3.05, 3.63) is 53.6 Å². The predicted molar refractivity (Wildman–Crippen MR) is 102 cm³/mol. The standard InChI is InChI=1S/C20H25N3O2/c1-15-13-17(14-19(25-3)20(15)24)16(2)21-23-11-9-22(10-12-23)18-7-5-4-6-8-18/h4-8,13-14,24H,9-12H2,1-3H3. The summed E-state index contributed by atoms with van der Waals surface area (Å²) >= 11 is 0. The molecule has 1 aliphatic heterocycles. The fraction of sp³-hybridized carbons (Fsp3) is 0.350. The van der Waals surface area contributed by atoms with Crippen LogP contribution in [0.1, 0.15) is 18.1 Å². The molecule has 0 aromatic heterocycles. The highest BCUT2D eigenvalue weighted by Gasteiger charge is 2.16. The van der Waals surface area contributed by atoms with E-state index in [1.54, 1.807) is 7.11 Å². The van der Waals surface area contributed by atoms with E-state index in [-0.39, 0.29) is 5.75 Å². The molecule has 0 amide bonds. The van der Waals surface area contributed by atoms with Gasteiger partial charge in [-0.05, 0) is 43.7 Å². The molecule has 1 fully saturated rings. The summed E-state index contributed by atoms with van der Waals surface area (Å²) in [6.45, 7) is 7.56. The van der Waals surface area contributed by atoms with Crippen molar-refractivity contribution in [3.8, 4) is 11.5 Å². The molecule has 0 spiro atoms. The van der Waals surface area contributed by atoms with Gasteiger partial charge in [-0.15, -0.1) is 0 Å². The van der Waals surface area contributed by atoms with Crippen LogP contribution in [0.3, 0.4) is 0 Å². The van der Waals surface area contributed by atoms with Crippen LogP contribution >= 0.6 is 0 Å². The van der Waals surface area contributed by atoms with Gasteiger partial charge in [0.05, 0.1) is 25.9 Å². The fourth-order valence-corrected chi connectivity index (χ4v) is 3.07. The topological polar surface area (TPSA) is 48.3 Å². The number of piperazine rings is 1. The molecular weight excluding hydrogens is 314 g/mol. The highest BCUT2D eigenvalue weighted by atomic mass is 16.5. The largest absolute Gasteiger partial charge is 0.504 e. The maximum atomic E-state index is 9.98. The Kier molecular flexibility index (Phi) is 5.12. The summed E-state index contributed by atoms with van der Waals surface area (Å²) in [5.41, 5.74) is 3.95. The van der Waals surface area contributed by atoms with Crippen LogP contribution in [0.4, 0.5) is 5.69 Å². The van der Waals surface area contributed by atoms with E-state index in [9.17, 15) is 5.11 Å². The second-order valence-electron chi connectivity index (χ2n) is 6.31. The Balaban J connectivity index is 1.69. The monoisotopic (exact) mass is 339 g/mol. The summed E-state index contributed by atoms with van der Waals surface area (Å²) in [7, 11) is 1.56. The predicted octanol–water partition coefficient (Wildman–Crippen LogP) is 3.26. The smallest absolute Gasteiger partial charge is 0.161 e. The van der Waals surface area contributed by atoms with Crippen LogP contribution in [0.15, 0.2) is 47.6 Å². The third kappa shape index (κ3) is 3.87. The molecule has 3 rings (SSSR count). The molecule has 5 heteroatoms. The number of benzene rings is 2. The molecule has 2 aromatic carbocycles. The van der Waals surface area contributed by atoms with Gasteiger partial charge in [0.2, 0.25) is 0 Å². The van der Waals surface area contributed by atoms with Gasteiger partial charge in [-0.3, -0.25) is 5.01 Å². The number of ether oxygens (including phenoxy) is 1. The zero-order valence-corrected chi connectivity index (χ0v) is 15.1. The number of hydrogen-bond acceptors (Lipinski definition) is 5. The number of para-hydroxylation sites is 1. The van der Waals surface area contributed by atoms with E-state index < -0.39 is 0 Å². The number of anilines is 1. The van der Waals surface area contributed by atoms with E-state index in [0.717, 1.165) is 43.0 Å². The van der Waals surface area contributed by atoms with Crippen molar-refractivity contribution in [2.75, 3.05) is 38.2 Å². The van der Waals surface area contributed by atoms with Gasteiger partial charge in [-0.2, -0.15) is 5.10 Å². The van der Waals surface area contributed by atoms with E-state index in [0.29, 0.717) is 5.75 Å². The normalized spacial score (nSPS) is 15.4. The molecule has 0 unspecified atom stereocenters. The Hall–Kier alpha value is -2.69. The summed E-state index contributed by atoms with van der Waals surface area (Å²) in [6.07, 6.45) is 0. The molecule has 5 nitrogen and oxygen atoms in total. The van der Waals surface area contributed by atoms with Crippen LogP contribution in [0.5, 0.6) is 11.5 Å². The van der Waals surface area contributed by atoms with E-state index in [4.69, 9.17) is 9.84 Å². The summed E-state index contributed by atoms with van der Waals surface area (Å²) in [6, 6.07) is 14.3. The third-order valence-corrected chi connectivity index (χ3v) is 4.57. The molecule has 0 saturated carbocycles. The van der Waals surface area contributed by atoms with Gasteiger partial charge >= 0.3 is 0 Å². The Morgan fingerprint density at radius 3 is 2.40 bits per heavy atom. The number of hydrazone groups is 1. The molecule has 1 aliphatic rings. The highest BCUT2D eigenvalue weighted by Crippen LogP contribution is 2.31. The molecule has 0 aliphatic carbocycles. The molecular formula is C20H25N3O2. The van der Waals surface area contributed by atoms with Gasteiger partial charge in [0.25, 0.3) is 0 Å². The third-order valence-electron chi connectivity index (χ3n) is 4.57. The van der Waals surface area contributed by atoms with Gasteiger partial charge in [0.15, 0.2) is 11.5 Å². The molecule has 1 heterocycles. The first-order valence-electron chi connectivity index (χ1n) is 8.56. The van der Waals surface area contributed by atoms with Crippen LogP contribution in [-0.4, -0.2) is 49.1 Å². The number of nitrogens with zero attached hydrogens (tertiary/aromatic N) is 3. The van der Waals surface area contributed by atoms with Crippen molar-refractivity contribution in [1.29, 1.82) is 0 Å². The van der Waals surface area contributed by atoms with Crippen LogP contribution in [0.25, 0.3) is 0 Å². The maximum Gasteiger partial charge on any atom is 0.161 e. The first-order valence-corrected chi connectivity index (χ1v) is 8.56. The molecule has 0 bridgehead atoms. The fourth-order valence-electron chi connectivity index (χ4n) is 3.07. The minimum Gasteiger partial charge on any atom is -0.504 e. The number of phenolic OH excluding ortho intramolecular Hbond substituents is 1. The summed E-state index contributed by atoms with van der Waals surface area (Å²) < 4.78 is 5.24. The Labute approximate surface area is 149 Å². The maximum absolute atomic E-state index is 9.98. The van der Waals surface area contributed by atoms with Gasteiger partial charge in [-0.1, -0.05) is 18.2 Å². The number of aryl methyl sites for hydroxylation is 1. The minimum absolute atomic E-state index is 0.190. The second kappa shape index (κ2) is 7.47. The van der Waals surface area contributed by atoms with Crippen LogP contribution in [-0.2, 0) is 0 Å². The van der Waals surface area contributed by atoms with Crippen LogP contribution < -0.4 is 9.64 Å². The van der Waals surface area contributed by atoms with Gasteiger partial charge in [-0.25, -0.2) is 0 Å². The lowest BCUT2D eigenvalue weighted by Gasteiger charge is -2.35. The lowest BCUT2D eigenvalue weighted by Crippen LogP contribution is -2.44. The van der Waals surface area contributed by atoms with E-state index in [1.165, 1.54) is 5.69 Å². The number of aromatic hydroxyl groups is 1. The van der Waals surface area contributed by atoms with E-state index >= 15 is 0 Å². The highest BCUT2D eigenvalue weighted by molar-refractivity contribution is 5.99. The molecule has 2 aromatic rings. The SMILES string of the molecule is COc1cc(C(C)=NN2CCN(c3ccccc3)CC2)cc(C)c1O. The Morgan fingerprint density at radius 2 is 1.76 bits per heavy atom. The zero-order chi connectivity index (χ0) is 17.8. The summed E-state index contributed by atoms with van der Waals surface area (Å²) in [4.78, 5) is 2.38. The van der Waals surface area contributed by atoms with Gasteiger partial charge in [0.1, 0.15) is 0 Å². The van der Waals surface area contributed by atoms with Gasteiger partial charge in [0, 0.05) is 24.3 Å². The first kappa shape index (κ1) is 17.1. The van der Waals surface area contributed by atoms with Crippen molar-refractivity contribution in [2.45, 2.75) is 13.8 Å². The first-order chi connectivity index (χ1) is 12.1.